The van der Waals surface area contributed by atoms with Crippen LogP contribution in [0.3, 0.4) is 0 Å². The number of ether oxygens (including phenoxy) is 1. The molecule has 0 saturated carbocycles. The fourth-order valence-corrected chi connectivity index (χ4v) is 5.55. The van der Waals surface area contributed by atoms with Gasteiger partial charge >= 0.3 is 6.09 Å². The molecule has 154 valence electrons. The zero-order chi connectivity index (χ0) is 20.9. The first kappa shape index (κ1) is 20.4. The lowest BCUT2D eigenvalue weighted by atomic mass is 9.88. The number of nitriles is 1. The Morgan fingerprint density at radius 1 is 1.37 bits per heavy atom. The van der Waals surface area contributed by atoms with Gasteiger partial charge in [-0.3, -0.25) is 4.79 Å². The van der Waals surface area contributed by atoms with E-state index in [0.29, 0.717) is 30.3 Å². The molecule has 0 bridgehead atoms. The number of carbonyl (C=O) groups is 2. The summed E-state index contributed by atoms with van der Waals surface area (Å²) in [5, 5.41) is 17.0. The summed E-state index contributed by atoms with van der Waals surface area (Å²) in [5.74, 6) is -0.0229. The molecule has 0 fully saturated rings. The van der Waals surface area contributed by atoms with Crippen molar-refractivity contribution >= 4 is 45.8 Å². The van der Waals surface area contributed by atoms with Crippen molar-refractivity contribution < 1.29 is 14.3 Å². The van der Waals surface area contributed by atoms with E-state index in [1.807, 2.05) is 29.0 Å². The second-order valence-corrected chi connectivity index (χ2v) is 9.15. The van der Waals surface area contributed by atoms with Crippen LogP contribution in [0.2, 0.25) is 0 Å². The second kappa shape index (κ2) is 9.28. The summed E-state index contributed by atoms with van der Waals surface area (Å²) >= 11 is 3.03. The van der Waals surface area contributed by atoms with Gasteiger partial charge in [0, 0.05) is 24.0 Å². The van der Waals surface area contributed by atoms with E-state index in [1.165, 1.54) is 17.4 Å². The number of amides is 2. The number of rotatable bonds is 5. The van der Waals surface area contributed by atoms with Crippen LogP contribution in [0, 0.1) is 17.2 Å². The van der Waals surface area contributed by atoms with Crippen LogP contribution < -0.4 is 5.32 Å². The first-order valence-corrected chi connectivity index (χ1v) is 11.5. The molecule has 2 aromatic heterocycles. The highest BCUT2D eigenvalue weighted by molar-refractivity contribution is 7.16. The van der Waals surface area contributed by atoms with Crippen LogP contribution in [0.15, 0.2) is 35.1 Å². The number of hydrogen-bond donors (Lipinski definition) is 1. The lowest BCUT2D eigenvalue weighted by Gasteiger charge is -2.23. The van der Waals surface area contributed by atoms with Crippen LogP contribution in [0.4, 0.5) is 9.80 Å². The molecule has 2 amide bonds. The van der Waals surface area contributed by atoms with Crippen LogP contribution in [0.25, 0.3) is 6.08 Å². The van der Waals surface area contributed by atoms with Crippen molar-refractivity contribution in [3.63, 3.8) is 0 Å². The van der Waals surface area contributed by atoms with Gasteiger partial charge in [0.15, 0.2) is 0 Å². The minimum Gasteiger partial charge on any atom is -0.449 e. The maximum absolute atomic E-state index is 12.3. The average molecular weight is 440 g/mol. The third-order valence-electron chi connectivity index (χ3n) is 5.21. The Labute approximate surface area is 183 Å². The monoisotopic (exact) mass is 439 g/mol. The molecule has 2 aliphatic rings. The van der Waals surface area contributed by atoms with E-state index in [-0.39, 0.29) is 17.9 Å². The second-order valence-electron chi connectivity index (χ2n) is 7.26. The Hall–Kier alpha value is -2.89. The predicted molar refractivity (Wildman–Crippen MR) is 119 cm³/mol. The molecule has 8 heteroatoms. The summed E-state index contributed by atoms with van der Waals surface area (Å²) in [7, 11) is 0. The van der Waals surface area contributed by atoms with Gasteiger partial charge in [-0.05, 0) is 59.2 Å². The molecule has 0 radical (unpaired) electrons. The van der Waals surface area contributed by atoms with Crippen molar-refractivity contribution in [2.24, 2.45) is 5.92 Å². The van der Waals surface area contributed by atoms with Crippen molar-refractivity contribution in [3.05, 3.63) is 56.6 Å². The number of nitrogens with one attached hydrogen (secondary N) is 1. The quantitative estimate of drug-likeness (QED) is 0.551. The molecule has 1 unspecified atom stereocenters. The molecule has 1 atom stereocenters. The van der Waals surface area contributed by atoms with Gasteiger partial charge in [0.25, 0.3) is 0 Å². The average Bonchev–Trinajstić information content (AvgIpc) is 3.51. The molecule has 1 aliphatic carbocycles. The van der Waals surface area contributed by atoms with E-state index in [1.54, 1.807) is 22.3 Å². The highest BCUT2D eigenvalue weighted by Crippen LogP contribution is 2.39. The zero-order valence-corrected chi connectivity index (χ0v) is 17.9. The standard InChI is InChI=1S/C22H21N3O3S2/c23-12-18-17-5-3-16(13-28-22(27)25-8-1-2-9-25)11-19(17)30-21(18)24-20(26)6-4-15-7-10-29-14-15/h1-2,4,6-7,10,14,16H,3,5,8-9,11,13H2,(H,24,26). The summed E-state index contributed by atoms with van der Waals surface area (Å²) in [6.45, 7) is 1.58. The van der Waals surface area contributed by atoms with Gasteiger partial charge in [-0.15, -0.1) is 11.3 Å². The summed E-state index contributed by atoms with van der Waals surface area (Å²) in [6.07, 6.45) is 9.23. The lowest BCUT2D eigenvalue weighted by Crippen LogP contribution is -2.31. The molecule has 0 aromatic carbocycles. The summed E-state index contributed by atoms with van der Waals surface area (Å²) in [6, 6.07) is 4.19. The van der Waals surface area contributed by atoms with Crippen LogP contribution >= 0.6 is 22.7 Å². The predicted octanol–water partition coefficient (Wildman–Crippen LogP) is 4.45. The fraction of sp³-hybridized carbons (Fsp3) is 0.318. The van der Waals surface area contributed by atoms with Crippen molar-refractivity contribution in [2.75, 3.05) is 25.0 Å². The van der Waals surface area contributed by atoms with Crippen molar-refractivity contribution in [3.8, 4) is 6.07 Å². The maximum Gasteiger partial charge on any atom is 0.410 e. The van der Waals surface area contributed by atoms with Gasteiger partial charge in [-0.2, -0.15) is 16.6 Å². The zero-order valence-electron chi connectivity index (χ0n) is 16.3. The van der Waals surface area contributed by atoms with Gasteiger partial charge in [-0.25, -0.2) is 4.79 Å². The van der Waals surface area contributed by atoms with Gasteiger partial charge in [-0.1, -0.05) is 12.2 Å². The van der Waals surface area contributed by atoms with Gasteiger partial charge < -0.3 is 15.0 Å². The van der Waals surface area contributed by atoms with Gasteiger partial charge in [0.05, 0.1) is 12.2 Å². The van der Waals surface area contributed by atoms with Crippen LogP contribution in [0.5, 0.6) is 0 Å². The largest absolute Gasteiger partial charge is 0.449 e. The molecule has 0 saturated heterocycles. The number of nitrogens with zero attached hydrogens (tertiary/aromatic N) is 2. The first-order valence-electron chi connectivity index (χ1n) is 9.76. The fourth-order valence-electron chi connectivity index (χ4n) is 3.61. The third kappa shape index (κ3) is 4.64. The molecule has 0 spiro atoms. The molecule has 30 heavy (non-hydrogen) atoms. The topological polar surface area (TPSA) is 82.4 Å². The molecule has 1 aliphatic heterocycles. The number of hydrogen-bond acceptors (Lipinski definition) is 6. The summed E-state index contributed by atoms with van der Waals surface area (Å²) in [4.78, 5) is 27.1. The van der Waals surface area contributed by atoms with E-state index in [0.717, 1.165) is 35.3 Å². The number of fused-ring (bicyclic) bond motifs is 1. The van der Waals surface area contributed by atoms with Crippen molar-refractivity contribution in [2.45, 2.75) is 19.3 Å². The molecule has 3 heterocycles. The molecular weight excluding hydrogens is 418 g/mol. The van der Waals surface area contributed by atoms with E-state index < -0.39 is 0 Å². The van der Waals surface area contributed by atoms with Crippen molar-refractivity contribution in [1.82, 2.24) is 4.90 Å². The van der Waals surface area contributed by atoms with Crippen molar-refractivity contribution in [1.29, 1.82) is 5.26 Å². The number of carbonyl (C=O) groups excluding carboxylic acids is 2. The summed E-state index contributed by atoms with van der Waals surface area (Å²) in [5.41, 5.74) is 2.56. The first-order chi connectivity index (χ1) is 14.6. The van der Waals surface area contributed by atoms with Crippen LogP contribution in [0.1, 0.15) is 28.0 Å². The molecule has 4 rings (SSSR count). The maximum atomic E-state index is 12.3. The Balaban J connectivity index is 1.37. The SMILES string of the molecule is N#Cc1c(NC(=O)C=Cc2ccsc2)sc2c1CCC(COC(=O)N1CC=CC1)C2. The van der Waals surface area contributed by atoms with E-state index in [2.05, 4.69) is 11.4 Å². The van der Waals surface area contributed by atoms with E-state index >= 15 is 0 Å². The highest BCUT2D eigenvalue weighted by atomic mass is 32.1. The van der Waals surface area contributed by atoms with E-state index in [9.17, 15) is 14.9 Å². The molecule has 1 N–H and O–H groups in total. The molecule has 6 nitrogen and oxygen atoms in total. The van der Waals surface area contributed by atoms with Crippen LogP contribution in [-0.4, -0.2) is 36.6 Å². The summed E-state index contributed by atoms with van der Waals surface area (Å²) < 4.78 is 5.48. The lowest BCUT2D eigenvalue weighted by molar-refractivity contribution is -0.111. The Bertz CT molecular complexity index is 1020. The Morgan fingerprint density at radius 2 is 2.20 bits per heavy atom. The Kier molecular flexibility index (Phi) is 6.31. The number of thiophene rings is 2. The van der Waals surface area contributed by atoms with E-state index in [4.69, 9.17) is 4.74 Å². The van der Waals surface area contributed by atoms with Crippen LogP contribution in [-0.2, 0) is 22.4 Å². The normalized spacial score (nSPS) is 17.7. The Morgan fingerprint density at radius 3 is 2.93 bits per heavy atom. The van der Waals surface area contributed by atoms with Gasteiger partial charge in [0.2, 0.25) is 5.91 Å². The van der Waals surface area contributed by atoms with Gasteiger partial charge in [0.1, 0.15) is 11.1 Å². The smallest absolute Gasteiger partial charge is 0.410 e. The minimum absolute atomic E-state index is 0.226. The minimum atomic E-state index is -0.278. The molecule has 2 aromatic rings. The third-order valence-corrected chi connectivity index (χ3v) is 7.08. The highest BCUT2D eigenvalue weighted by Gasteiger charge is 2.27. The molecular formula is C22H21N3O3S2. The number of anilines is 1.